The van der Waals surface area contributed by atoms with Crippen molar-refractivity contribution in [3.05, 3.63) is 68.6 Å². The van der Waals surface area contributed by atoms with Gasteiger partial charge in [0.15, 0.2) is 11.9 Å². The molecule has 0 fully saturated rings. The first kappa shape index (κ1) is 20.5. The molecule has 0 aliphatic heterocycles. The minimum Gasteiger partial charge on any atom is -0.453 e. The molecular formula is C21H21N3O4S. The van der Waals surface area contributed by atoms with Gasteiger partial charge in [0.2, 0.25) is 5.91 Å². The highest BCUT2D eigenvalue weighted by molar-refractivity contribution is 7.18. The van der Waals surface area contributed by atoms with Crippen molar-refractivity contribution < 1.29 is 14.3 Å². The molecule has 1 atom stereocenters. The molecule has 2 N–H and O–H groups in total. The molecule has 0 saturated heterocycles. The Balaban J connectivity index is 1.58. The highest BCUT2D eigenvalue weighted by Gasteiger charge is 2.18. The molecule has 3 aromatic rings. The van der Waals surface area contributed by atoms with E-state index in [1.165, 1.54) is 17.4 Å². The second-order valence-corrected chi connectivity index (χ2v) is 7.71. The van der Waals surface area contributed by atoms with E-state index < -0.39 is 18.0 Å². The molecule has 0 saturated carbocycles. The summed E-state index contributed by atoms with van der Waals surface area (Å²) in [6, 6.07) is 9.34. The molecular weight excluding hydrogens is 390 g/mol. The fraction of sp³-hybridized carbons (Fsp3) is 0.238. The van der Waals surface area contributed by atoms with Crippen LogP contribution in [0.5, 0.6) is 0 Å². The number of nitrogens with zero attached hydrogens (tertiary/aromatic N) is 1. The average Bonchev–Trinajstić information content (AvgIpc) is 2.99. The molecule has 0 bridgehead atoms. The van der Waals surface area contributed by atoms with E-state index in [0.29, 0.717) is 10.2 Å². The van der Waals surface area contributed by atoms with Gasteiger partial charge in [-0.25, -0.2) is 4.98 Å². The summed E-state index contributed by atoms with van der Waals surface area (Å²) in [6.45, 7) is 5.14. The Bertz CT molecular complexity index is 1130. The maximum atomic E-state index is 12.3. The first-order chi connectivity index (χ1) is 13.8. The van der Waals surface area contributed by atoms with Crippen LogP contribution in [0.1, 0.15) is 34.9 Å². The fourth-order valence-electron chi connectivity index (χ4n) is 2.71. The summed E-state index contributed by atoms with van der Waals surface area (Å²) in [5, 5.41) is 3.03. The van der Waals surface area contributed by atoms with Crippen molar-refractivity contribution in [1.29, 1.82) is 0 Å². The fourth-order valence-corrected chi connectivity index (χ4v) is 3.75. The van der Waals surface area contributed by atoms with E-state index in [9.17, 15) is 14.4 Å². The molecule has 8 heteroatoms. The zero-order chi connectivity index (χ0) is 21.0. The number of aromatic amines is 1. The number of carbonyl (C=O) groups excluding carboxylic acids is 2. The molecule has 2 heterocycles. The number of hydrogen-bond acceptors (Lipinski definition) is 6. The number of benzene rings is 1. The molecule has 1 aromatic carbocycles. The van der Waals surface area contributed by atoms with Crippen molar-refractivity contribution in [3.8, 4) is 0 Å². The van der Waals surface area contributed by atoms with Crippen molar-refractivity contribution in [2.75, 3.05) is 6.54 Å². The minimum absolute atomic E-state index is 0.255. The van der Waals surface area contributed by atoms with E-state index in [4.69, 9.17) is 4.74 Å². The van der Waals surface area contributed by atoms with Crippen LogP contribution < -0.4 is 10.9 Å². The topological polar surface area (TPSA) is 101 Å². The van der Waals surface area contributed by atoms with E-state index in [1.54, 1.807) is 13.0 Å². The number of H-pyrrole nitrogens is 1. The van der Waals surface area contributed by atoms with Crippen molar-refractivity contribution in [3.63, 3.8) is 0 Å². The van der Waals surface area contributed by atoms with E-state index in [0.717, 1.165) is 16.0 Å². The second kappa shape index (κ2) is 8.83. The Kier molecular flexibility index (Phi) is 6.23. The third-order valence-corrected chi connectivity index (χ3v) is 5.49. The Labute approximate surface area is 171 Å². The number of aryl methyl sites for hydroxylation is 2. The molecule has 0 aliphatic carbocycles. The quantitative estimate of drug-likeness (QED) is 0.480. The van der Waals surface area contributed by atoms with Crippen molar-refractivity contribution in [2.45, 2.75) is 26.9 Å². The molecule has 7 nitrogen and oxygen atoms in total. The summed E-state index contributed by atoms with van der Waals surface area (Å²) in [5.74, 6) is -0.761. The summed E-state index contributed by atoms with van der Waals surface area (Å²) in [4.78, 5) is 44.9. The standard InChI is InChI=1S/C21H21N3O4S/c1-12-14(3)29-21-18(12)20(27)23-19(24-21)13(2)28-17(26)11-22-16(25)10-9-15-7-5-4-6-8-15/h4-10,13H,11H2,1-3H3,(H,22,25)(H,23,24,27)/b10-9+/t13-/m0/s1. The van der Waals surface area contributed by atoms with Crippen LogP contribution >= 0.6 is 11.3 Å². The van der Waals surface area contributed by atoms with Crippen LogP contribution in [0.2, 0.25) is 0 Å². The molecule has 1 amide bonds. The first-order valence-corrected chi connectivity index (χ1v) is 9.87. The number of ether oxygens (including phenoxy) is 1. The monoisotopic (exact) mass is 411 g/mol. The van der Waals surface area contributed by atoms with Crippen LogP contribution in [0.15, 0.2) is 41.2 Å². The lowest BCUT2D eigenvalue weighted by atomic mass is 10.2. The van der Waals surface area contributed by atoms with Crippen LogP contribution in [0.4, 0.5) is 0 Å². The van der Waals surface area contributed by atoms with Crippen LogP contribution in [-0.2, 0) is 14.3 Å². The first-order valence-electron chi connectivity index (χ1n) is 9.05. The number of aromatic nitrogens is 2. The maximum absolute atomic E-state index is 12.3. The maximum Gasteiger partial charge on any atom is 0.326 e. The number of rotatable bonds is 6. The summed E-state index contributed by atoms with van der Waals surface area (Å²) in [7, 11) is 0. The van der Waals surface area contributed by atoms with Crippen molar-refractivity contribution >= 4 is 39.5 Å². The molecule has 2 aromatic heterocycles. The van der Waals surface area contributed by atoms with Gasteiger partial charge in [-0.1, -0.05) is 30.3 Å². The Morgan fingerprint density at radius 1 is 1.28 bits per heavy atom. The van der Waals surface area contributed by atoms with Gasteiger partial charge >= 0.3 is 5.97 Å². The van der Waals surface area contributed by atoms with Gasteiger partial charge in [0, 0.05) is 11.0 Å². The number of esters is 1. The highest BCUT2D eigenvalue weighted by atomic mass is 32.1. The lowest BCUT2D eigenvalue weighted by Gasteiger charge is -2.12. The zero-order valence-electron chi connectivity index (χ0n) is 16.3. The normalized spacial score (nSPS) is 12.2. The van der Waals surface area contributed by atoms with Crippen LogP contribution in [0, 0.1) is 13.8 Å². The highest BCUT2D eigenvalue weighted by Crippen LogP contribution is 2.26. The van der Waals surface area contributed by atoms with Gasteiger partial charge < -0.3 is 15.0 Å². The second-order valence-electron chi connectivity index (χ2n) is 6.51. The lowest BCUT2D eigenvalue weighted by Crippen LogP contribution is -2.30. The van der Waals surface area contributed by atoms with Gasteiger partial charge in [0.05, 0.1) is 5.39 Å². The minimum atomic E-state index is -0.751. The van der Waals surface area contributed by atoms with E-state index in [1.807, 2.05) is 44.2 Å². The number of carbonyl (C=O) groups is 2. The zero-order valence-corrected chi connectivity index (χ0v) is 17.1. The van der Waals surface area contributed by atoms with Crippen molar-refractivity contribution in [1.82, 2.24) is 15.3 Å². The molecule has 150 valence electrons. The number of nitrogens with one attached hydrogen (secondary N) is 2. The number of hydrogen-bond donors (Lipinski definition) is 2. The van der Waals surface area contributed by atoms with Gasteiger partial charge in [-0.3, -0.25) is 14.4 Å². The van der Waals surface area contributed by atoms with Gasteiger partial charge in [0.1, 0.15) is 11.4 Å². The van der Waals surface area contributed by atoms with Crippen LogP contribution in [0.25, 0.3) is 16.3 Å². The molecule has 3 rings (SSSR count). The van der Waals surface area contributed by atoms with Gasteiger partial charge in [-0.05, 0) is 38.0 Å². The summed E-state index contributed by atoms with van der Waals surface area (Å²) < 4.78 is 5.28. The number of fused-ring (bicyclic) bond motifs is 1. The number of amides is 1. The molecule has 0 unspecified atom stereocenters. The summed E-state index contributed by atoms with van der Waals surface area (Å²) in [5.41, 5.74) is 1.53. The van der Waals surface area contributed by atoms with Gasteiger partial charge in [-0.15, -0.1) is 11.3 Å². The molecule has 0 radical (unpaired) electrons. The number of thiophene rings is 1. The molecule has 0 spiro atoms. The van der Waals surface area contributed by atoms with E-state index >= 15 is 0 Å². The third kappa shape index (κ3) is 4.97. The predicted octanol–water partition coefficient (Wildman–Crippen LogP) is 3.04. The smallest absolute Gasteiger partial charge is 0.326 e. The average molecular weight is 411 g/mol. The van der Waals surface area contributed by atoms with Crippen LogP contribution in [0.3, 0.4) is 0 Å². The summed E-state index contributed by atoms with van der Waals surface area (Å²) in [6.07, 6.45) is 2.25. The molecule has 0 aliphatic rings. The van der Waals surface area contributed by atoms with E-state index in [2.05, 4.69) is 15.3 Å². The largest absolute Gasteiger partial charge is 0.453 e. The molecule has 29 heavy (non-hydrogen) atoms. The lowest BCUT2D eigenvalue weighted by molar-refractivity contribution is -0.148. The van der Waals surface area contributed by atoms with Gasteiger partial charge in [0.25, 0.3) is 5.56 Å². The Morgan fingerprint density at radius 2 is 2.00 bits per heavy atom. The SMILES string of the molecule is Cc1sc2nc([C@H](C)OC(=O)CNC(=O)/C=C/c3ccccc3)[nH]c(=O)c2c1C. The Morgan fingerprint density at radius 3 is 2.72 bits per heavy atom. The summed E-state index contributed by atoms with van der Waals surface area (Å²) >= 11 is 1.42. The Hall–Kier alpha value is -3.26. The third-order valence-electron chi connectivity index (χ3n) is 4.38. The van der Waals surface area contributed by atoms with E-state index in [-0.39, 0.29) is 17.9 Å². The van der Waals surface area contributed by atoms with Gasteiger partial charge in [-0.2, -0.15) is 0 Å². The van der Waals surface area contributed by atoms with Crippen LogP contribution in [-0.4, -0.2) is 28.4 Å². The van der Waals surface area contributed by atoms with Crippen molar-refractivity contribution in [2.24, 2.45) is 0 Å². The predicted molar refractivity (Wildman–Crippen MR) is 113 cm³/mol.